The van der Waals surface area contributed by atoms with Crippen molar-refractivity contribution in [2.45, 2.75) is 0 Å². The lowest BCUT2D eigenvalue weighted by molar-refractivity contribution is 0.668. The number of furan rings is 1. The predicted molar refractivity (Wildman–Crippen MR) is 157 cm³/mol. The van der Waals surface area contributed by atoms with E-state index in [-0.39, 0.29) is 0 Å². The Morgan fingerprint density at radius 1 is 0.447 bits per heavy atom. The van der Waals surface area contributed by atoms with E-state index in [2.05, 4.69) is 108 Å². The molecule has 5 aromatic carbocycles. The third kappa shape index (κ3) is 3.91. The van der Waals surface area contributed by atoms with Gasteiger partial charge >= 0.3 is 0 Å². The Morgan fingerprint density at radius 2 is 0.947 bits per heavy atom. The summed E-state index contributed by atoms with van der Waals surface area (Å²) in [6.07, 6.45) is 1.82. The number of fused-ring (bicyclic) bond motifs is 3. The second-order valence-corrected chi connectivity index (χ2v) is 9.27. The van der Waals surface area contributed by atoms with E-state index in [0.29, 0.717) is 0 Å². The number of rotatable bonds is 5. The van der Waals surface area contributed by atoms with Crippen molar-refractivity contribution in [3.63, 3.8) is 0 Å². The molecule has 0 aliphatic rings. The molecule has 7 aromatic rings. The molecule has 0 amide bonds. The highest BCUT2D eigenvalue weighted by molar-refractivity contribution is 6.12. The van der Waals surface area contributed by atoms with E-state index in [1.165, 1.54) is 22.3 Å². The van der Waals surface area contributed by atoms with Crippen LogP contribution < -0.4 is 4.90 Å². The smallest absolute Gasteiger partial charge is 0.149 e. The molecule has 7 rings (SSSR count). The molecule has 0 spiro atoms. The van der Waals surface area contributed by atoms with Gasteiger partial charge in [-0.25, -0.2) is 4.98 Å². The molecule has 0 saturated carbocycles. The summed E-state index contributed by atoms with van der Waals surface area (Å²) in [4.78, 5) is 7.13. The number of anilines is 3. The van der Waals surface area contributed by atoms with Crippen LogP contribution in [0.4, 0.5) is 17.2 Å². The number of hydrogen-bond donors (Lipinski definition) is 0. The van der Waals surface area contributed by atoms with Crippen LogP contribution in [-0.4, -0.2) is 4.98 Å². The molecule has 0 fully saturated rings. The van der Waals surface area contributed by atoms with Crippen molar-refractivity contribution in [1.82, 2.24) is 4.98 Å². The third-order valence-electron chi connectivity index (χ3n) is 6.95. The van der Waals surface area contributed by atoms with Crippen LogP contribution in [0.3, 0.4) is 0 Å². The van der Waals surface area contributed by atoms with Crippen molar-refractivity contribution in [3.05, 3.63) is 146 Å². The van der Waals surface area contributed by atoms with E-state index in [1.54, 1.807) is 0 Å². The second-order valence-electron chi connectivity index (χ2n) is 9.27. The second kappa shape index (κ2) is 9.38. The number of aromatic nitrogens is 1. The first-order valence-corrected chi connectivity index (χ1v) is 12.7. The minimum absolute atomic E-state index is 0.822. The molecule has 0 radical (unpaired) electrons. The average Bonchev–Trinajstić information content (AvgIpc) is 3.38. The van der Waals surface area contributed by atoms with Gasteiger partial charge in [-0.15, -0.1) is 0 Å². The van der Waals surface area contributed by atoms with Gasteiger partial charge in [-0.2, -0.15) is 0 Å². The van der Waals surface area contributed by atoms with Crippen molar-refractivity contribution in [2.24, 2.45) is 0 Å². The lowest BCUT2D eigenvalue weighted by Crippen LogP contribution is -2.11. The molecular formula is C35H24N2O. The van der Waals surface area contributed by atoms with E-state index in [4.69, 9.17) is 9.40 Å². The zero-order valence-corrected chi connectivity index (χ0v) is 20.7. The highest BCUT2D eigenvalue weighted by Gasteiger charge is 2.20. The molecular weight excluding hydrogens is 464 g/mol. The van der Waals surface area contributed by atoms with Crippen molar-refractivity contribution in [2.75, 3.05) is 4.90 Å². The normalized spacial score (nSPS) is 11.2. The fraction of sp³-hybridized carbons (Fsp3) is 0. The number of pyridine rings is 1. The van der Waals surface area contributed by atoms with Gasteiger partial charge in [0, 0.05) is 23.0 Å². The fourth-order valence-corrected chi connectivity index (χ4v) is 5.08. The van der Waals surface area contributed by atoms with Crippen molar-refractivity contribution < 1.29 is 4.42 Å². The molecule has 0 bridgehead atoms. The summed E-state index contributed by atoms with van der Waals surface area (Å²) in [5.74, 6) is 0.840. The molecule has 0 N–H and O–H groups in total. The lowest BCUT2D eigenvalue weighted by Gasteiger charge is -2.25. The van der Waals surface area contributed by atoms with Gasteiger partial charge in [0.05, 0.1) is 5.39 Å². The number of para-hydroxylation sites is 1. The van der Waals surface area contributed by atoms with E-state index in [9.17, 15) is 0 Å². The molecule has 0 aliphatic carbocycles. The van der Waals surface area contributed by atoms with E-state index >= 15 is 0 Å². The molecule has 0 saturated heterocycles. The van der Waals surface area contributed by atoms with Crippen LogP contribution >= 0.6 is 0 Å². The molecule has 3 heteroatoms. The maximum atomic E-state index is 6.20. The van der Waals surface area contributed by atoms with Crippen molar-refractivity contribution in [1.29, 1.82) is 0 Å². The Morgan fingerprint density at radius 3 is 1.53 bits per heavy atom. The molecule has 180 valence electrons. The molecule has 2 aromatic heterocycles. The monoisotopic (exact) mass is 488 g/mol. The minimum atomic E-state index is 0.822. The quantitative estimate of drug-likeness (QED) is 0.241. The average molecular weight is 489 g/mol. The Kier molecular flexibility index (Phi) is 5.45. The van der Waals surface area contributed by atoms with Gasteiger partial charge in [0.15, 0.2) is 0 Å². The summed E-state index contributed by atoms with van der Waals surface area (Å²) in [5.41, 5.74) is 8.48. The summed E-state index contributed by atoms with van der Waals surface area (Å²) >= 11 is 0. The number of hydrogen-bond acceptors (Lipinski definition) is 3. The van der Waals surface area contributed by atoms with Gasteiger partial charge in [0.1, 0.15) is 17.0 Å². The first kappa shape index (κ1) is 22.1. The standard InChI is InChI=1S/C35H24N2O/c1-3-9-25(10-4-1)27-15-19-29(20-16-27)37(30-21-17-28(18-22-30)26-11-5-2-6-12-26)35-34-31-13-7-8-14-32(31)38-33(34)23-24-36-35/h1-24H. The SMILES string of the molecule is c1ccc(-c2ccc(N(c3ccc(-c4ccccc4)cc3)c3nccc4oc5ccccc5c34)cc2)cc1. The Labute approximate surface area is 221 Å². The largest absolute Gasteiger partial charge is 0.456 e. The van der Waals surface area contributed by atoms with Gasteiger partial charge in [0.25, 0.3) is 0 Å². The highest BCUT2D eigenvalue weighted by Crippen LogP contribution is 2.42. The van der Waals surface area contributed by atoms with Crippen LogP contribution in [0.25, 0.3) is 44.2 Å². The summed E-state index contributed by atoms with van der Waals surface area (Å²) in [7, 11) is 0. The molecule has 2 heterocycles. The minimum Gasteiger partial charge on any atom is -0.456 e. The van der Waals surface area contributed by atoms with E-state index in [1.807, 2.05) is 42.6 Å². The van der Waals surface area contributed by atoms with Crippen LogP contribution in [-0.2, 0) is 0 Å². The fourth-order valence-electron chi connectivity index (χ4n) is 5.08. The maximum Gasteiger partial charge on any atom is 0.149 e. The van der Waals surface area contributed by atoms with E-state index in [0.717, 1.165) is 39.1 Å². The van der Waals surface area contributed by atoms with E-state index < -0.39 is 0 Å². The summed E-state index contributed by atoms with van der Waals surface area (Å²) in [6.45, 7) is 0. The van der Waals surface area contributed by atoms with Crippen LogP contribution in [0.15, 0.2) is 150 Å². The summed E-state index contributed by atoms with van der Waals surface area (Å²) in [5, 5.41) is 2.06. The topological polar surface area (TPSA) is 29.3 Å². The lowest BCUT2D eigenvalue weighted by atomic mass is 10.0. The van der Waals surface area contributed by atoms with Crippen LogP contribution in [0.5, 0.6) is 0 Å². The van der Waals surface area contributed by atoms with Crippen LogP contribution in [0.1, 0.15) is 0 Å². The zero-order valence-electron chi connectivity index (χ0n) is 20.7. The highest BCUT2D eigenvalue weighted by atomic mass is 16.3. The zero-order chi connectivity index (χ0) is 25.3. The van der Waals surface area contributed by atoms with Gasteiger partial charge in [-0.1, -0.05) is 103 Å². The molecule has 38 heavy (non-hydrogen) atoms. The number of nitrogens with zero attached hydrogens (tertiary/aromatic N) is 2. The summed E-state index contributed by atoms with van der Waals surface area (Å²) < 4.78 is 6.20. The van der Waals surface area contributed by atoms with Crippen molar-refractivity contribution in [3.8, 4) is 22.3 Å². The van der Waals surface area contributed by atoms with Gasteiger partial charge in [0.2, 0.25) is 0 Å². The van der Waals surface area contributed by atoms with Crippen LogP contribution in [0.2, 0.25) is 0 Å². The summed E-state index contributed by atoms with van der Waals surface area (Å²) in [6, 6.07) is 48.3. The van der Waals surface area contributed by atoms with Crippen molar-refractivity contribution >= 4 is 39.1 Å². The van der Waals surface area contributed by atoms with Crippen LogP contribution in [0, 0.1) is 0 Å². The van der Waals surface area contributed by atoms with Gasteiger partial charge in [-0.05, 0) is 58.7 Å². The molecule has 0 unspecified atom stereocenters. The van der Waals surface area contributed by atoms with Gasteiger partial charge < -0.3 is 4.42 Å². The molecule has 0 atom stereocenters. The number of benzene rings is 5. The first-order valence-electron chi connectivity index (χ1n) is 12.7. The first-order chi connectivity index (χ1) is 18.8. The molecule has 0 aliphatic heterocycles. The van der Waals surface area contributed by atoms with Gasteiger partial charge in [-0.3, -0.25) is 4.90 Å². The predicted octanol–water partition coefficient (Wildman–Crippen LogP) is 9.78. The Balaban J connectivity index is 1.40. The maximum absolute atomic E-state index is 6.20. The molecule has 3 nitrogen and oxygen atoms in total. The Hall–Kier alpha value is -5.15. The Bertz CT molecular complexity index is 1760. The third-order valence-corrected chi connectivity index (χ3v) is 6.95.